The van der Waals surface area contributed by atoms with E-state index in [-0.39, 0.29) is 5.56 Å². The fourth-order valence-electron chi connectivity index (χ4n) is 2.15. The predicted molar refractivity (Wildman–Crippen MR) is 65.2 cm³/mol. The molecule has 1 fully saturated rings. The molecule has 1 aliphatic rings. The third kappa shape index (κ3) is 2.19. The van der Waals surface area contributed by atoms with Gasteiger partial charge in [0.05, 0.1) is 0 Å². The average Bonchev–Trinajstić information content (AvgIpc) is 2.89. The van der Waals surface area contributed by atoms with E-state index in [2.05, 4.69) is 20.4 Å². The van der Waals surface area contributed by atoms with Crippen molar-refractivity contribution in [3.8, 4) is 11.6 Å². The van der Waals surface area contributed by atoms with E-state index in [0.29, 0.717) is 23.3 Å². The quantitative estimate of drug-likeness (QED) is 0.822. The Labute approximate surface area is 103 Å². The number of H-pyrrole nitrogens is 1. The van der Waals surface area contributed by atoms with Crippen molar-refractivity contribution < 1.29 is 4.52 Å². The first-order chi connectivity index (χ1) is 8.83. The number of pyridine rings is 1. The third-order valence-electron chi connectivity index (χ3n) is 3.10. The number of hydrogen-bond acceptors (Lipinski definition) is 5. The monoisotopic (exact) mass is 246 g/mol. The fraction of sp³-hybridized carbons (Fsp3) is 0.417. The van der Waals surface area contributed by atoms with Crippen molar-refractivity contribution in [2.75, 3.05) is 13.1 Å². The van der Waals surface area contributed by atoms with Crippen molar-refractivity contribution in [1.82, 2.24) is 20.4 Å². The van der Waals surface area contributed by atoms with Crippen LogP contribution in [0.5, 0.6) is 0 Å². The maximum atomic E-state index is 11.2. The van der Waals surface area contributed by atoms with Crippen molar-refractivity contribution in [1.29, 1.82) is 0 Å². The molecule has 6 heteroatoms. The fourth-order valence-corrected chi connectivity index (χ4v) is 2.15. The molecule has 1 saturated heterocycles. The molecule has 2 N–H and O–H groups in total. The molecular formula is C12H14N4O2. The van der Waals surface area contributed by atoms with Gasteiger partial charge >= 0.3 is 0 Å². The lowest BCUT2D eigenvalue weighted by Gasteiger charge is -2.19. The van der Waals surface area contributed by atoms with Gasteiger partial charge in [-0.25, -0.2) is 0 Å². The van der Waals surface area contributed by atoms with Crippen LogP contribution < -0.4 is 10.9 Å². The van der Waals surface area contributed by atoms with Crippen molar-refractivity contribution in [2.45, 2.75) is 18.8 Å². The first-order valence-corrected chi connectivity index (χ1v) is 6.07. The van der Waals surface area contributed by atoms with E-state index in [0.717, 1.165) is 25.9 Å². The first-order valence-electron chi connectivity index (χ1n) is 6.07. The van der Waals surface area contributed by atoms with E-state index in [1.54, 1.807) is 12.1 Å². The van der Waals surface area contributed by atoms with Gasteiger partial charge in [-0.15, -0.1) is 0 Å². The molecule has 3 rings (SSSR count). The maximum Gasteiger partial charge on any atom is 0.274 e. The average molecular weight is 246 g/mol. The maximum absolute atomic E-state index is 11.2. The Balaban J connectivity index is 1.86. The summed E-state index contributed by atoms with van der Waals surface area (Å²) in [5.41, 5.74) is 0.386. The highest BCUT2D eigenvalue weighted by Crippen LogP contribution is 2.22. The van der Waals surface area contributed by atoms with Crippen LogP contribution in [0.3, 0.4) is 0 Å². The van der Waals surface area contributed by atoms with Gasteiger partial charge in [-0.2, -0.15) is 4.98 Å². The predicted octanol–water partition coefficient (Wildman–Crippen LogP) is 0.892. The molecule has 0 aliphatic carbocycles. The summed E-state index contributed by atoms with van der Waals surface area (Å²) in [5, 5.41) is 7.31. The van der Waals surface area contributed by atoms with E-state index in [1.807, 2.05) is 0 Å². The molecule has 0 saturated carbocycles. The molecule has 0 amide bonds. The van der Waals surface area contributed by atoms with E-state index in [9.17, 15) is 4.79 Å². The molecule has 1 atom stereocenters. The molecule has 0 radical (unpaired) electrons. The minimum Gasteiger partial charge on any atom is -0.332 e. The van der Waals surface area contributed by atoms with Crippen molar-refractivity contribution in [3.05, 3.63) is 34.4 Å². The second kappa shape index (κ2) is 4.73. The smallest absolute Gasteiger partial charge is 0.274 e. The molecule has 2 aromatic rings. The van der Waals surface area contributed by atoms with E-state index in [4.69, 9.17) is 4.52 Å². The highest BCUT2D eigenvalue weighted by atomic mass is 16.5. The number of piperidine rings is 1. The molecular weight excluding hydrogens is 232 g/mol. The van der Waals surface area contributed by atoms with Gasteiger partial charge in [0.15, 0.2) is 5.82 Å². The van der Waals surface area contributed by atoms with Crippen LogP contribution in [0.2, 0.25) is 0 Å². The summed E-state index contributed by atoms with van der Waals surface area (Å²) >= 11 is 0. The Morgan fingerprint density at radius 1 is 1.39 bits per heavy atom. The van der Waals surface area contributed by atoms with Crippen molar-refractivity contribution >= 4 is 0 Å². The molecule has 1 aliphatic heterocycles. The Bertz CT molecular complexity index is 584. The number of aromatic nitrogens is 3. The minimum absolute atomic E-state index is 0.174. The highest BCUT2D eigenvalue weighted by molar-refractivity contribution is 5.45. The topological polar surface area (TPSA) is 83.8 Å². The van der Waals surface area contributed by atoms with E-state index < -0.39 is 0 Å². The Kier molecular flexibility index (Phi) is 2.93. The van der Waals surface area contributed by atoms with Gasteiger partial charge in [0.25, 0.3) is 5.89 Å². The molecule has 2 aromatic heterocycles. The van der Waals surface area contributed by atoms with Gasteiger partial charge in [-0.3, -0.25) is 4.79 Å². The van der Waals surface area contributed by atoms with E-state index >= 15 is 0 Å². The standard InChI is InChI=1S/C12H14N4O2/c17-10-5-1-4-9(14-10)12-15-11(16-18-12)8-3-2-6-13-7-8/h1,4-5,8,13H,2-3,6-7H2,(H,14,17). The molecule has 0 bridgehead atoms. The Hall–Kier alpha value is -1.95. The normalized spacial score (nSPS) is 19.9. The molecule has 3 heterocycles. The van der Waals surface area contributed by atoms with Crippen LogP contribution in [-0.2, 0) is 0 Å². The highest BCUT2D eigenvalue weighted by Gasteiger charge is 2.21. The van der Waals surface area contributed by atoms with Crippen LogP contribution in [0.25, 0.3) is 11.6 Å². The number of hydrogen-bond donors (Lipinski definition) is 2. The van der Waals surface area contributed by atoms with Crippen molar-refractivity contribution in [2.24, 2.45) is 0 Å². The number of nitrogens with zero attached hydrogens (tertiary/aromatic N) is 2. The lowest BCUT2D eigenvalue weighted by Crippen LogP contribution is -2.28. The lowest BCUT2D eigenvalue weighted by molar-refractivity contribution is 0.392. The molecule has 18 heavy (non-hydrogen) atoms. The number of rotatable bonds is 2. The third-order valence-corrected chi connectivity index (χ3v) is 3.10. The lowest BCUT2D eigenvalue weighted by atomic mass is 9.99. The summed E-state index contributed by atoms with van der Waals surface area (Å²) in [4.78, 5) is 18.2. The van der Waals surface area contributed by atoms with Gasteiger partial charge in [0.1, 0.15) is 5.69 Å². The molecule has 0 spiro atoms. The molecule has 1 unspecified atom stereocenters. The largest absolute Gasteiger partial charge is 0.332 e. The Morgan fingerprint density at radius 3 is 3.11 bits per heavy atom. The van der Waals surface area contributed by atoms with Crippen LogP contribution in [-0.4, -0.2) is 28.2 Å². The van der Waals surface area contributed by atoms with Gasteiger partial charge in [0, 0.05) is 18.5 Å². The van der Waals surface area contributed by atoms with Crippen LogP contribution in [0.1, 0.15) is 24.6 Å². The van der Waals surface area contributed by atoms with Gasteiger partial charge in [-0.05, 0) is 25.5 Å². The van der Waals surface area contributed by atoms with Crippen molar-refractivity contribution in [3.63, 3.8) is 0 Å². The first kappa shape index (κ1) is 11.2. The zero-order valence-corrected chi connectivity index (χ0v) is 9.85. The molecule has 6 nitrogen and oxygen atoms in total. The van der Waals surface area contributed by atoms with Crippen LogP contribution in [0, 0.1) is 0 Å². The van der Waals surface area contributed by atoms with E-state index in [1.165, 1.54) is 6.07 Å². The number of nitrogens with one attached hydrogen (secondary N) is 2. The minimum atomic E-state index is -0.174. The SMILES string of the molecule is O=c1cccc(-c2nc(C3CCCNC3)no2)[nH]1. The zero-order valence-electron chi connectivity index (χ0n) is 9.85. The van der Waals surface area contributed by atoms with Gasteiger partial charge in [0.2, 0.25) is 5.56 Å². The van der Waals surface area contributed by atoms with Crippen LogP contribution in [0.15, 0.2) is 27.5 Å². The summed E-state index contributed by atoms with van der Waals surface area (Å²) in [5.74, 6) is 1.38. The molecule has 0 aromatic carbocycles. The summed E-state index contributed by atoms with van der Waals surface area (Å²) < 4.78 is 5.20. The second-order valence-corrected chi connectivity index (χ2v) is 4.43. The summed E-state index contributed by atoms with van der Waals surface area (Å²) in [7, 11) is 0. The Morgan fingerprint density at radius 2 is 2.33 bits per heavy atom. The molecule has 94 valence electrons. The van der Waals surface area contributed by atoms with Gasteiger partial charge in [-0.1, -0.05) is 11.2 Å². The number of aromatic amines is 1. The van der Waals surface area contributed by atoms with Crippen LogP contribution in [0.4, 0.5) is 0 Å². The summed E-state index contributed by atoms with van der Waals surface area (Å²) in [6.07, 6.45) is 2.19. The van der Waals surface area contributed by atoms with Crippen LogP contribution >= 0.6 is 0 Å². The summed E-state index contributed by atoms with van der Waals surface area (Å²) in [6.45, 7) is 1.93. The van der Waals surface area contributed by atoms with Gasteiger partial charge < -0.3 is 14.8 Å². The second-order valence-electron chi connectivity index (χ2n) is 4.43. The zero-order chi connectivity index (χ0) is 12.4. The summed E-state index contributed by atoms with van der Waals surface area (Å²) in [6, 6.07) is 4.86.